The lowest BCUT2D eigenvalue weighted by Crippen LogP contribution is -1.82. The van der Waals surface area contributed by atoms with Crippen LogP contribution in [-0.4, -0.2) is 4.92 Å². The maximum absolute atomic E-state index is 10.2. The summed E-state index contributed by atoms with van der Waals surface area (Å²) in [6, 6.07) is 4.62. The van der Waals surface area contributed by atoms with Crippen LogP contribution in [0.15, 0.2) is 33.3 Å². The van der Waals surface area contributed by atoms with E-state index in [1.54, 1.807) is 12.1 Å². The SMILES string of the molecule is O=[N+]([O-])c1cc(-c2ccco2)[c]o1. The van der Waals surface area contributed by atoms with Gasteiger partial charge in [-0.3, -0.25) is 10.1 Å². The molecular formula is C8H4NO4. The molecule has 0 saturated carbocycles. The molecule has 2 aromatic rings. The Morgan fingerprint density at radius 3 is 2.92 bits per heavy atom. The van der Waals surface area contributed by atoms with Crippen LogP contribution in [0.2, 0.25) is 0 Å². The van der Waals surface area contributed by atoms with Crippen LogP contribution in [0.3, 0.4) is 0 Å². The molecule has 2 aromatic heterocycles. The summed E-state index contributed by atoms with van der Waals surface area (Å²) >= 11 is 0. The third kappa shape index (κ3) is 1.31. The molecule has 5 heteroatoms. The van der Waals surface area contributed by atoms with Crippen LogP contribution in [0.4, 0.5) is 5.88 Å². The van der Waals surface area contributed by atoms with Gasteiger partial charge in [0.15, 0.2) is 6.26 Å². The van der Waals surface area contributed by atoms with E-state index in [1.807, 2.05) is 0 Å². The van der Waals surface area contributed by atoms with Crippen molar-refractivity contribution in [3.8, 4) is 11.3 Å². The van der Waals surface area contributed by atoms with Crippen LogP contribution in [0, 0.1) is 16.4 Å². The van der Waals surface area contributed by atoms with Crippen molar-refractivity contribution in [2.24, 2.45) is 0 Å². The molecule has 0 atom stereocenters. The highest BCUT2D eigenvalue weighted by Crippen LogP contribution is 2.25. The second-order valence-electron chi connectivity index (χ2n) is 2.33. The number of nitro groups is 1. The van der Waals surface area contributed by atoms with E-state index in [0.717, 1.165) is 0 Å². The minimum absolute atomic E-state index is 0.341. The van der Waals surface area contributed by atoms with Crippen LogP contribution in [0.1, 0.15) is 0 Å². The van der Waals surface area contributed by atoms with Crippen LogP contribution >= 0.6 is 0 Å². The molecule has 65 valence electrons. The number of hydrogen-bond acceptors (Lipinski definition) is 4. The van der Waals surface area contributed by atoms with E-state index in [9.17, 15) is 10.1 Å². The Morgan fingerprint density at radius 1 is 1.54 bits per heavy atom. The molecule has 0 bridgehead atoms. The van der Waals surface area contributed by atoms with E-state index < -0.39 is 4.92 Å². The van der Waals surface area contributed by atoms with E-state index in [0.29, 0.717) is 11.3 Å². The molecule has 0 aliphatic carbocycles. The molecule has 0 unspecified atom stereocenters. The average Bonchev–Trinajstić information content (AvgIpc) is 2.75. The lowest BCUT2D eigenvalue weighted by Gasteiger charge is -1.82. The Kier molecular flexibility index (Phi) is 1.63. The van der Waals surface area contributed by atoms with Gasteiger partial charge in [0.05, 0.1) is 17.9 Å². The summed E-state index contributed by atoms with van der Waals surface area (Å²) in [5, 5.41) is 10.2. The molecule has 5 nitrogen and oxygen atoms in total. The summed E-state index contributed by atoms with van der Waals surface area (Å²) in [6.45, 7) is 0. The fourth-order valence-electron chi connectivity index (χ4n) is 0.933. The minimum Gasteiger partial charge on any atom is -0.464 e. The van der Waals surface area contributed by atoms with Gasteiger partial charge in [0.2, 0.25) is 0 Å². The van der Waals surface area contributed by atoms with Crippen LogP contribution in [-0.2, 0) is 0 Å². The third-order valence-electron chi connectivity index (χ3n) is 1.50. The molecule has 0 saturated heterocycles. The maximum atomic E-state index is 10.2. The summed E-state index contributed by atoms with van der Waals surface area (Å²) in [5.74, 6) is 0.156. The highest BCUT2D eigenvalue weighted by atomic mass is 16.6. The van der Waals surface area contributed by atoms with E-state index >= 15 is 0 Å². The number of rotatable bonds is 2. The lowest BCUT2D eigenvalue weighted by atomic mass is 10.3. The van der Waals surface area contributed by atoms with Crippen LogP contribution in [0.25, 0.3) is 11.3 Å². The summed E-state index contributed by atoms with van der Waals surface area (Å²) in [6.07, 6.45) is 3.85. The monoisotopic (exact) mass is 178 g/mol. The molecule has 13 heavy (non-hydrogen) atoms. The first-order chi connectivity index (χ1) is 6.27. The van der Waals surface area contributed by atoms with Gasteiger partial charge in [-0.2, -0.15) is 0 Å². The van der Waals surface area contributed by atoms with Gasteiger partial charge >= 0.3 is 5.88 Å². The number of furan rings is 2. The first-order valence-corrected chi connectivity index (χ1v) is 3.47. The molecule has 0 aromatic carbocycles. The molecule has 0 amide bonds. The molecule has 2 rings (SSSR count). The zero-order valence-corrected chi connectivity index (χ0v) is 6.39. The molecule has 0 N–H and O–H groups in total. The van der Waals surface area contributed by atoms with Crippen molar-refractivity contribution in [1.29, 1.82) is 0 Å². The molecule has 0 aliphatic heterocycles. The minimum atomic E-state index is -0.622. The van der Waals surface area contributed by atoms with Crippen molar-refractivity contribution in [1.82, 2.24) is 0 Å². The van der Waals surface area contributed by atoms with Crippen LogP contribution in [0.5, 0.6) is 0 Å². The van der Waals surface area contributed by atoms with E-state index in [2.05, 4.69) is 10.7 Å². The standard InChI is InChI=1S/C8H4NO4/c10-9(11)8-4-6(5-13-8)7-2-1-3-12-7/h1-4H. The normalized spacial score (nSPS) is 10.2. The fraction of sp³-hybridized carbons (Fsp3) is 0. The summed E-state index contributed by atoms with van der Waals surface area (Å²) in [7, 11) is 0. The lowest BCUT2D eigenvalue weighted by molar-refractivity contribution is -0.402. The number of hydrogen-bond donors (Lipinski definition) is 0. The molecule has 0 spiro atoms. The van der Waals surface area contributed by atoms with E-state index in [-0.39, 0.29) is 5.88 Å². The Morgan fingerprint density at radius 2 is 2.38 bits per heavy atom. The predicted octanol–water partition coefficient (Wildman–Crippen LogP) is 2.25. The van der Waals surface area contributed by atoms with Crippen LogP contribution < -0.4 is 0 Å². The van der Waals surface area contributed by atoms with Gasteiger partial charge in [0.25, 0.3) is 0 Å². The van der Waals surface area contributed by atoms with Gasteiger partial charge in [-0.15, -0.1) is 0 Å². The van der Waals surface area contributed by atoms with Crippen molar-refractivity contribution < 1.29 is 13.8 Å². The van der Waals surface area contributed by atoms with Crippen molar-refractivity contribution >= 4 is 5.88 Å². The Labute approximate surface area is 72.7 Å². The second-order valence-corrected chi connectivity index (χ2v) is 2.33. The summed E-state index contributed by atoms with van der Waals surface area (Å²) in [4.78, 5) is 9.62. The zero-order valence-electron chi connectivity index (χ0n) is 6.39. The second kappa shape index (κ2) is 2.78. The molecule has 2 heterocycles. The third-order valence-corrected chi connectivity index (χ3v) is 1.50. The first kappa shape index (κ1) is 7.60. The smallest absolute Gasteiger partial charge is 0.434 e. The van der Waals surface area contributed by atoms with E-state index in [4.69, 9.17) is 4.42 Å². The topological polar surface area (TPSA) is 69.4 Å². The predicted molar refractivity (Wildman–Crippen MR) is 41.9 cm³/mol. The van der Waals surface area contributed by atoms with Crippen molar-refractivity contribution in [3.05, 3.63) is 40.8 Å². The van der Waals surface area contributed by atoms with Gasteiger partial charge in [0, 0.05) is 0 Å². The van der Waals surface area contributed by atoms with Crippen molar-refractivity contribution in [2.45, 2.75) is 0 Å². The Hall–Kier alpha value is -2.04. The average molecular weight is 178 g/mol. The summed E-state index contributed by atoms with van der Waals surface area (Å²) < 4.78 is 9.56. The molecule has 0 aliphatic rings. The maximum Gasteiger partial charge on any atom is 0.434 e. The van der Waals surface area contributed by atoms with Gasteiger partial charge in [-0.05, 0) is 12.1 Å². The largest absolute Gasteiger partial charge is 0.464 e. The quantitative estimate of drug-likeness (QED) is 0.522. The van der Waals surface area contributed by atoms with Gasteiger partial charge in [0.1, 0.15) is 10.7 Å². The van der Waals surface area contributed by atoms with Gasteiger partial charge in [-0.1, -0.05) is 0 Å². The van der Waals surface area contributed by atoms with Crippen molar-refractivity contribution in [3.63, 3.8) is 0 Å². The van der Waals surface area contributed by atoms with Crippen molar-refractivity contribution in [2.75, 3.05) is 0 Å². The number of nitrogens with zero attached hydrogens (tertiary/aromatic N) is 1. The highest BCUT2D eigenvalue weighted by Gasteiger charge is 2.14. The van der Waals surface area contributed by atoms with Gasteiger partial charge < -0.3 is 8.83 Å². The molecule has 0 fully saturated rings. The van der Waals surface area contributed by atoms with Gasteiger partial charge in [-0.25, -0.2) is 0 Å². The first-order valence-electron chi connectivity index (χ1n) is 3.47. The molecular weight excluding hydrogens is 174 g/mol. The van der Waals surface area contributed by atoms with E-state index in [1.165, 1.54) is 12.3 Å². The fourth-order valence-corrected chi connectivity index (χ4v) is 0.933. The Balaban J connectivity index is 2.39. The zero-order chi connectivity index (χ0) is 9.26. The summed E-state index contributed by atoms with van der Waals surface area (Å²) in [5.41, 5.74) is 0.441. The highest BCUT2D eigenvalue weighted by molar-refractivity contribution is 5.57. The molecule has 1 radical (unpaired) electrons. The Bertz CT molecular complexity index is 415.